The second kappa shape index (κ2) is 7.11. The van der Waals surface area contributed by atoms with E-state index < -0.39 is 24.1 Å². The average molecular weight is 369 g/mol. The van der Waals surface area contributed by atoms with Gasteiger partial charge in [-0.2, -0.15) is 0 Å². The Morgan fingerprint density at radius 3 is 2.78 bits per heavy atom. The Morgan fingerprint density at radius 2 is 2.07 bits per heavy atom. The third kappa shape index (κ3) is 2.81. The summed E-state index contributed by atoms with van der Waals surface area (Å²) in [5, 5.41) is 2.39. The molecule has 0 aromatic heterocycles. The number of anilines is 1. The Hall–Kier alpha value is -3.34. The van der Waals surface area contributed by atoms with Gasteiger partial charge >= 0.3 is 5.97 Å². The lowest BCUT2D eigenvalue weighted by atomic mass is 9.96. The van der Waals surface area contributed by atoms with Crippen LogP contribution in [0.25, 0.3) is 0 Å². The molecule has 2 aliphatic heterocycles. The molecule has 8 nitrogen and oxygen atoms in total. The van der Waals surface area contributed by atoms with Crippen LogP contribution in [0, 0.1) is 12.3 Å². The topological polar surface area (TPSA) is 96.0 Å². The van der Waals surface area contributed by atoms with Crippen LogP contribution in [-0.2, 0) is 19.1 Å². The molecular weight excluding hydrogens is 350 g/mol. The molecule has 3 amide bonds. The van der Waals surface area contributed by atoms with E-state index in [1.165, 1.54) is 9.80 Å². The first-order chi connectivity index (χ1) is 13.0. The molecule has 0 bridgehead atoms. The van der Waals surface area contributed by atoms with Crippen LogP contribution in [0.3, 0.4) is 0 Å². The van der Waals surface area contributed by atoms with Gasteiger partial charge in [0.25, 0.3) is 11.8 Å². The molecule has 1 aromatic carbocycles. The molecule has 1 N–H and O–H groups in total. The van der Waals surface area contributed by atoms with Crippen LogP contribution < -0.4 is 10.2 Å². The summed E-state index contributed by atoms with van der Waals surface area (Å²) in [6.07, 6.45) is 5.27. The largest absolute Gasteiger partial charge is 0.452 e. The molecule has 27 heavy (non-hydrogen) atoms. The lowest BCUT2D eigenvalue weighted by Gasteiger charge is -2.47. The zero-order chi connectivity index (χ0) is 19.6. The molecule has 1 fully saturated rings. The van der Waals surface area contributed by atoms with Crippen molar-refractivity contribution in [3.05, 3.63) is 29.8 Å². The normalized spacial score (nSPS) is 20.6. The highest BCUT2D eigenvalue weighted by Crippen LogP contribution is 2.44. The Morgan fingerprint density at radius 1 is 1.33 bits per heavy atom. The van der Waals surface area contributed by atoms with E-state index in [-0.39, 0.29) is 37.7 Å². The van der Waals surface area contributed by atoms with Gasteiger partial charge in [0.15, 0.2) is 6.61 Å². The predicted molar refractivity (Wildman–Crippen MR) is 95.4 cm³/mol. The van der Waals surface area contributed by atoms with E-state index in [1.807, 2.05) is 0 Å². The molecule has 8 heteroatoms. The number of hydrogen-bond acceptors (Lipinski definition) is 5. The molecule has 2 heterocycles. The van der Waals surface area contributed by atoms with Gasteiger partial charge in [-0.25, -0.2) is 4.79 Å². The summed E-state index contributed by atoms with van der Waals surface area (Å²) in [5.41, 5.74) is -0.850. The molecule has 2 aliphatic rings. The van der Waals surface area contributed by atoms with Crippen molar-refractivity contribution in [2.45, 2.75) is 25.4 Å². The lowest BCUT2D eigenvalue weighted by molar-refractivity contribution is -0.160. The first kappa shape index (κ1) is 18.5. The van der Waals surface area contributed by atoms with Crippen molar-refractivity contribution < 1.29 is 23.9 Å². The molecule has 140 valence electrons. The highest BCUT2D eigenvalue weighted by atomic mass is 16.5. The number of hydrogen-bond donors (Lipinski definition) is 1. The number of carbonyl (C=O) groups is 4. The maximum Gasteiger partial charge on any atom is 0.354 e. The monoisotopic (exact) mass is 369 g/mol. The first-order valence-electron chi connectivity index (χ1n) is 8.58. The van der Waals surface area contributed by atoms with Crippen LogP contribution in [-0.4, -0.2) is 54.0 Å². The van der Waals surface area contributed by atoms with E-state index in [2.05, 4.69) is 11.2 Å². The highest BCUT2D eigenvalue weighted by Gasteiger charge is 2.61. The summed E-state index contributed by atoms with van der Waals surface area (Å²) in [4.78, 5) is 53.0. The number of nitrogens with one attached hydrogen (secondary N) is 1. The second-order valence-electron chi connectivity index (χ2n) is 6.17. The molecule has 3 rings (SSSR count). The number of terminal acetylenes is 1. The number of benzene rings is 1. The fourth-order valence-corrected chi connectivity index (χ4v) is 3.62. The van der Waals surface area contributed by atoms with Gasteiger partial charge in [-0.1, -0.05) is 18.1 Å². The number of fused-ring (bicyclic) bond motifs is 3. The number of para-hydroxylation sites is 1. The molecule has 1 saturated heterocycles. The van der Waals surface area contributed by atoms with Crippen molar-refractivity contribution in [1.29, 1.82) is 0 Å². The van der Waals surface area contributed by atoms with Gasteiger partial charge in [0.1, 0.15) is 0 Å². The van der Waals surface area contributed by atoms with Crippen LogP contribution in [0.4, 0.5) is 5.69 Å². The maximum absolute atomic E-state index is 13.0. The molecule has 0 spiro atoms. The summed E-state index contributed by atoms with van der Waals surface area (Å²) in [7, 11) is 0. The van der Waals surface area contributed by atoms with E-state index in [0.717, 1.165) is 0 Å². The molecule has 0 unspecified atom stereocenters. The van der Waals surface area contributed by atoms with Gasteiger partial charge in [-0.15, -0.1) is 6.42 Å². The van der Waals surface area contributed by atoms with Gasteiger partial charge in [0, 0.05) is 19.4 Å². The van der Waals surface area contributed by atoms with E-state index in [4.69, 9.17) is 11.2 Å². The quantitative estimate of drug-likeness (QED) is 0.594. The molecule has 0 saturated carbocycles. The number of esters is 1. The van der Waals surface area contributed by atoms with Gasteiger partial charge in [-0.05, 0) is 19.1 Å². The van der Waals surface area contributed by atoms with Crippen molar-refractivity contribution >= 4 is 29.4 Å². The number of nitrogens with zero attached hydrogens (tertiary/aromatic N) is 2. The molecule has 0 aliphatic carbocycles. The zero-order valence-electron chi connectivity index (χ0n) is 14.9. The molecule has 0 radical (unpaired) electrons. The third-order valence-electron chi connectivity index (χ3n) is 4.74. The van der Waals surface area contributed by atoms with Gasteiger partial charge < -0.3 is 15.0 Å². The van der Waals surface area contributed by atoms with E-state index in [1.54, 1.807) is 31.2 Å². The minimum atomic E-state index is -1.58. The predicted octanol–water partition coefficient (Wildman–Crippen LogP) is 0.278. The summed E-state index contributed by atoms with van der Waals surface area (Å²) < 4.78 is 5.18. The minimum absolute atomic E-state index is 0.0130. The fourth-order valence-electron chi connectivity index (χ4n) is 3.62. The molecule has 1 atom stereocenters. The Bertz CT molecular complexity index is 859. The number of ether oxygens (including phenoxy) is 1. The lowest BCUT2D eigenvalue weighted by Crippen LogP contribution is -2.68. The summed E-state index contributed by atoms with van der Waals surface area (Å²) >= 11 is 0. The Balaban J connectivity index is 1.97. The van der Waals surface area contributed by atoms with Crippen LogP contribution in [0.5, 0.6) is 0 Å². The van der Waals surface area contributed by atoms with Crippen molar-refractivity contribution in [2.75, 3.05) is 24.6 Å². The van der Waals surface area contributed by atoms with Gasteiger partial charge in [0.05, 0.1) is 17.8 Å². The number of amides is 3. The smallest absolute Gasteiger partial charge is 0.354 e. The van der Waals surface area contributed by atoms with Crippen LogP contribution >= 0.6 is 0 Å². The van der Waals surface area contributed by atoms with Crippen molar-refractivity contribution in [3.63, 3.8) is 0 Å². The van der Waals surface area contributed by atoms with E-state index in [0.29, 0.717) is 11.3 Å². The SMILES string of the molecule is C#CCNC(=O)COC(=O)[C@]12CCC(=O)N1c1ccccc1C(=O)N2CC. The maximum atomic E-state index is 13.0. The van der Waals surface area contributed by atoms with Crippen molar-refractivity contribution in [2.24, 2.45) is 0 Å². The summed E-state index contributed by atoms with van der Waals surface area (Å²) in [6, 6.07) is 6.65. The Kier molecular flexibility index (Phi) is 4.86. The van der Waals surface area contributed by atoms with Crippen molar-refractivity contribution in [3.8, 4) is 12.3 Å². The minimum Gasteiger partial charge on any atom is -0.452 e. The highest BCUT2D eigenvalue weighted by molar-refractivity contribution is 6.15. The second-order valence-corrected chi connectivity index (χ2v) is 6.17. The summed E-state index contributed by atoms with van der Waals surface area (Å²) in [5.74, 6) is 0.249. The number of carbonyl (C=O) groups excluding carboxylic acids is 4. The zero-order valence-corrected chi connectivity index (χ0v) is 14.9. The summed E-state index contributed by atoms with van der Waals surface area (Å²) in [6.45, 7) is 1.40. The fraction of sp³-hybridized carbons (Fsp3) is 0.368. The van der Waals surface area contributed by atoms with E-state index in [9.17, 15) is 19.2 Å². The number of likely N-dealkylation sites (N-methyl/N-ethyl adjacent to an activating group) is 1. The third-order valence-corrected chi connectivity index (χ3v) is 4.74. The molecule has 1 aromatic rings. The van der Waals surface area contributed by atoms with E-state index >= 15 is 0 Å². The first-order valence-corrected chi connectivity index (χ1v) is 8.58. The van der Waals surface area contributed by atoms with Gasteiger partial charge in [0.2, 0.25) is 11.6 Å². The standard InChI is InChI=1S/C19H19N3O5/c1-3-11-20-15(23)12-27-18(26)19-10-9-16(24)22(19)14-8-6-5-7-13(14)17(25)21(19)4-2/h1,5-8H,4,9-12H2,2H3,(H,20,23)/t19-/m0/s1. The van der Waals surface area contributed by atoms with Gasteiger partial charge in [-0.3, -0.25) is 19.3 Å². The average Bonchev–Trinajstić information content (AvgIpc) is 3.03. The van der Waals surface area contributed by atoms with Crippen molar-refractivity contribution in [1.82, 2.24) is 10.2 Å². The number of rotatable bonds is 5. The Labute approximate surface area is 156 Å². The molecular formula is C19H19N3O5. The van der Waals surface area contributed by atoms with Crippen LogP contribution in [0.1, 0.15) is 30.1 Å². The van der Waals surface area contributed by atoms with Crippen LogP contribution in [0.15, 0.2) is 24.3 Å². The van der Waals surface area contributed by atoms with Crippen LogP contribution in [0.2, 0.25) is 0 Å².